The molecular weight excluding hydrogens is 672 g/mol. The van der Waals surface area contributed by atoms with Crippen molar-refractivity contribution in [3.63, 3.8) is 0 Å². The molecule has 11 heteroatoms. The van der Waals surface area contributed by atoms with E-state index >= 15 is 0 Å². The minimum atomic E-state index is -1.22. The first-order valence-corrected chi connectivity index (χ1v) is 17.6. The van der Waals surface area contributed by atoms with Crippen LogP contribution in [0.2, 0.25) is 5.02 Å². The molecule has 0 spiro atoms. The van der Waals surface area contributed by atoms with Crippen LogP contribution in [-0.4, -0.2) is 61.3 Å². The number of benzene rings is 3. The molecule has 2 aliphatic rings. The van der Waals surface area contributed by atoms with Crippen LogP contribution in [0, 0.1) is 11.8 Å². The van der Waals surface area contributed by atoms with Crippen LogP contribution < -0.4 is 15.4 Å². The van der Waals surface area contributed by atoms with Crippen LogP contribution in [-0.2, 0) is 46.2 Å². The van der Waals surface area contributed by atoms with Gasteiger partial charge in [-0.05, 0) is 47.2 Å². The second-order valence-electron chi connectivity index (χ2n) is 13.4. The third-order valence-electron chi connectivity index (χ3n) is 9.04. The number of esters is 2. The fraction of sp³-hybridized carbons (Fsp3) is 0.400. The zero-order valence-electron chi connectivity index (χ0n) is 29.3. The van der Waals surface area contributed by atoms with E-state index in [1.54, 1.807) is 24.3 Å². The third kappa shape index (κ3) is 10.4. The smallest absolute Gasteiger partial charge is 0.347 e. The van der Waals surface area contributed by atoms with Gasteiger partial charge >= 0.3 is 11.9 Å². The van der Waals surface area contributed by atoms with Gasteiger partial charge in [0.2, 0.25) is 11.8 Å². The first kappa shape index (κ1) is 37.6. The molecule has 10 nitrogen and oxygen atoms in total. The summed E-state index contributed by atoms with van der Waals surface area (Å²) in [7, 11) is 1.50. The zero-order chi connectivity index (χ0) is 36.5. The number of carbonyl (C=O) groups excluding carboxylic acids is 4. The molecule has 2 N–H and O–H groups in total. The quantitative estimate of drug-likeness (QED) is 0.202. The molecule has 2 amide bonds. The van der Waals surface area contributed by atoms with Gasteiger partial charge in [-0.3, -0.25) is 9.59 Å². The van der Waals surface area contributed by atoms with Gasteiger partial charge in [-0.1, -0.05) is 105 Å². The van der Waals surface area contributed by atoms with E-state index in [0.717, 1.165) is 11.1 Å². The molecule has 0 saturated carbocycles. The van der Waals surface area contributed by atoms with Gasteiger partial charge in [-0.2, -0.15) is 0 Å². The fourth-order valence-electron chi connectivity index (χ4n) is 6.21. The lowest BCUT2D eigenvalue weighted by Gasteiger charge is -2.27. The number of hydrogen-bond donors (Lipinski definition) is 2. The largest absolute Gasteiger partial charge is 0.495 e. The molecule has 0 unspecified atom stereocenters. The molecule has 0 aliphatic carbocycles. The zero-order valence-corrected chi connectivity index (χ0v) is 30.0. The fourth-order valence-corrected chi connectivity index (χ4v) is 6.49. The number of carbonyl (C=O) groups is 4. The van der Waals surface area contributed by atoms with E-state index in [9.17, 15) is 19.2 Å². The van der Waals surface area contributed by atoms with Crippen LogP contribution in [0.1, 0.15) is 56.4 Å². The molecule has 270 valence electrons. The lowest BCUT2D eigenvalue weighted by molar-refractivity contribution is -0.175. The first-order valence-electron chi connectivity index (χ1n) is 17.3. The highest BCUT2D eigenvalue weighted by molar-refractivity contribution is 6.32. The summed E-state index contributed by atoms with van der Waals surface area (Å²) in [6.07, 6.45) is 1.19. The summed E-state index contributed by atoms with van der Waals surface area (Å²) in [5.41, 5.74) is 2.44. The van der Waals surface area contributed by atoms with Gasteiger partial charge in [0.05, 0.1) is 18.2 Å². The monoisotopic (exact) mass is 716 g/mol. The highest BCUT2D eigenvalue weighted by Crippen LogP contribution is 2.45. The molecule has 7 atom stereocenters. The summed E-state index contributed by atoms with van der Waals surface area (Å²) in [5.74, 6) is -2.45. The van der Waals surface area contributed by atoms with Gasteiger partial charge in [0, 0.05) is 25.2 Å². The Balaban J connectivity index is 1.46. The summed E-state index contributed by atoms with van der Waals surface area (Å²) in [6.45, 7) is 5.77. The van der Waals surface area contributed by atoms with Gasteiger partial charge < -0.3 is 29.6 Å². The summed E-state index contributed by atoms with van der Waals surface area (Å²) in [5, 5.41) is 5.93. The number of amides is 2. The Morgan fingerprint density at radius 1 is 0.824 bits per heavy atom. The van der Waals surface area contributed by atoms with Crippen molar-refractivity contribution in [3.8, 4) is 5.75 Å². The Hall–Kier alpha value is -4.67. The standard InChI is InChI=1S/C40H45ClN2O8/c1-24(2)20-34-40(47)49-32(25(3)36-37(51-36)28-14-9-6-10-15-28)16-11-17-35(44)42-30(23-27-18-19-33(48-4)29(41)21-27)38(45)43-31(39(46)50-34)22-26-12-7-5-8-13-26/h5-15,17-19,21,24-25,30-32,34,36-37H,16,20,22-23H2,1-4H3,(H,42,44)(H,43,45)/b17-11+/t25-,30+,31-,32-,34-,36+,37+/m0/s1. The maximum absolute atomic E-state index is 13.9. The van der Waals surface area contributed by atoms with Crippen LogP contribution in [0.25, 0.3) is 0 Å². The molecule has 1 fully saturated rings. The molecule has 5 rings (SSSR count). The van der Waals surface area contributed by atoms with Gasteiger partial charge in [-0.15, -0.1) is 0 Å². The maximum atomic E-state index is 13.9. The van der Waals surface area contributed by atoms with Gasteiger partial charge in [0.15, 0.2) is 6.10 Å². The highest BCUT2D eigenvalue weighted by Gasteiger charge is 2.47. The van der Waals surface area contributed by atoms with E-state index in [2.05, 4.69) is 10.6 Å². The molecule has 1 saturated heterocycles. The van der Waals surface area contributed by atoms with Crippen LogP contribution in [0.15, 0.2) is 91.0 Å². The first-order chi connectivity index (χ1) is 24.5. The summed E-state index contributed by atoms with van der Waals surface area (Å²) in [4.78, 5) is 55.0. The van der Waals surface area contributed by atoms with Crippen molar-refractivity contribution in [1.29, 1.82) is 0 Å². The summed E-state index contributed by atoms with van der Waals surface area (Å²) < 4.78 is 23.3. The summed E-state index contributed by atoms with van der Waals surface area (Å²) in [6, 6.07) is 21.8. The molecule has 3 aromatic carbocycles. The second-order valence-corrected chi connectivity index (χ2v) is 13.9. The third-order valence-corrected chi connectivity index (χ3v) is 9.34. The minimum absolute atomic E-state index is 0.0212. The van der Waals surface area contributed by atoms with Crippen molar-refractivity contribution in [2.45, 2.75) is 83.0 Å². The number of epoxide rings is 1. The van der Waals surface area contributed by atoms with Gasteiger partial charge in [0.1, 0.15) is 30.0 Å². The number of rotatable bonds is 10. The van der Waals surface area contributed by atoms with Crippen molar-refractivity contribution in [3.05, 3.63) is 113 Å². The van der Waals surface area contributed by atoms with E-state index in [4.69, 9.17) is 30.5 Å². The van der Waals surface area contributed by atoms with E-state index < -0.39 is 48.0 Å². The van der Waals surface area contributed by atoms with Crippen molar-refractivity contribution >= 4 is 35.4 Å². The van der Waals surface area contributed by atoms with Crippen molar-refractivity contribution in [2.75, 3.05) is 7.11 Å². The molecule has 0 bridgehead atoms. The Labute approximate surface area is 303 Å². The Morgan fingerprint density at radius 2 is 1.51 bits per heavy atom. The molecule has 2 heterocycles. The highest BCUT2D eigenvalue weighted by atomic mass is 35.5. The van der Waals surface area contributed by atoms with Crippen molar-refractivity contribution in [1.82, 2.24) is 10.6 Å². The molecule has 0 radical (unpaired) electrons. The lowest BCUT2D eigenvalue weighted by atomic mass is 9.93. The molecular formula is C40H45ClN2O8. The SMILES string of the molecule is COc1ccc(C[C@H]2NC(=O)/C=C/C[C@@H]([C@H](C)[C@H]3O[C@@H]3c3ccccc3)OC(=O)[C@H](CC(C)C)OC(=O)[C@H](Cc3ccccc3)NC2=O)cc1Cl. The van der Waals surface area contributed by atoms with E-state index in [1.807, 2.05) is 81.4 Å². The number of cyclic esters (lactones) is 2. The number of ether oxygens (including phenoxy) is 4. The molecule has 51 heavy (non-hydrogen) atoms. The normalized spacial score (nSPS) is 25.7. The van der Waals surface area contributed by atoms with Crippen molar-refractivity contribution < 1.29 is 38.1 Å². The second kappa shape index (κ2) is 17.5. The van der Waals surface area contributed by atoms with Crippen LogP contribution >= 0.6 is 11.6 Å². The average Bonchev–Trinajstić information content (AvgIpc) is 3.91. The van der Waals surface area contributed by atoms with Crippen LogP contribution in [0.3, 0.4) is 0 Å². The number of hydrogen-bond acceptors (Lipinski definition) is 8. The summed E-state index contributed by atoms with van der Waals surface area (Å²) >= 11 is 6.38. The topological polar surface area (TPSA) is 133 Å². The Kier molecular flexibility index (Phi) is 12.9. The molecule has 2 aliphatic heterocycles. The van der Waals surface area contributed by atoms with E-state index in [-0.39, 0.29) is 49.7 Å². The average molecular weight is 717 g/mol. The number of nitrogens with one attached hydrogen (secondary N) is 2. The van der Waals surface area contributed by atoms with E-state index in [0.29, 0.717) is 16.3 Å². The van der Waals surface area contributed by atoms with Gasteiger partial charge in [0.25, 0.3) is 0 Å². The number of halogens is 1. The van der Waals surface area contributed by atoms with Crippen LogP contribution in [0.5, 0.6) is 5.75 Å². The van der Waals surface area contributed by atoms with Crippen molar-refractivity contribution in [2.24, 2.45) is 11.8 Å². The number of methoxy groups -OCH3 is 1. The minimum Gasteiger partial charge on any atom is -0.495 e. The maximum Gasteiger partial charge on any atom is 0.347 e. The lowest BCUT2D eigenvalue weighted by Crippen LogP contribution is -2.53. The Bertz CT molecular complexity index is 1700. The predicted octanol–water partition coefficient (Wildman–Crippen LogP) is 5.71. The Morgan fingerprint density at radius 3 is 2.18 bits per heavy atom. The molecule has 0 aromatic heterocycles. The predicted molar refractivity (Wildman–Crippen MR) is 192 cm³/mol. The van der Waals surface area contributed by atoms with E-state index in [1.165, 1.54) is 13.2 Å². The van der Waals surface area contributed by atoms with Gasteiger partial charge in [-0.25, -0.2) is 9.59 Å². The molecule has 3 aromatic rings. The van der Waals surface area contributed by atoms with Crippen LogP contribution in [0.4, 0.5) is 0 Å².